The second kappa shape index (κ2) is 9.22. The van der Waals surface area contributed by atoms with Crippen molar-refractivity contribution in [3.8, 4) is 11.1 Å². The Bertz CT molecular complexity index is 1250. The molecule has 6 nitrogen and oxygen atoms in total. The summed E-state index contributed by atoms with van der Waals surface area (Å²) in [4.78, 5) is 40.3. The lowest BCUT2D eigenvalue weighted by atomic mass is 9.96. The molecule has 3 aromatic rings. The van der Waals surface area contributed by atoms with Gasteiger partial charge in [-0.1, -0.05) is 50.2 Å². The fourth-order valence-corrected chi connectivity index (χ4v) is 3.84. The first-order valence-electron chi connectivity index (χ1n) is 11.1. The molecule has 0 aliphatic rings. The Labute approximate surface area is 194 Å². The molecule has 0 aliphatic carbocycles. The van der Waals surface area contributed by atoms with E-state index in [9.17, 15) is 14.4 Å². The Kier molecular flexibility index (Phi) is 6.77. The summed E-state index contributed by atoms with van der Waals surface area (Å²) in [6.45, 7) is 11.4. The number of hydrogen-bond acceptors (Lipinski definition) is 4. The number of ether oxygens (including phenoxy) is 1. The number of amides is 1. The van der Waals surface area contributed by atoms with E-state index in [1.54, 1.807) is 50.6 Å². The van der Waals surface area contributed by atoms with Crippen LogP contribution < -0.4 is 10.5 Å². The maximum atomic E-state index is 13.7. The van der Waals surface area contributed by atoms with E-state index in [0.717, 1.165) is 5.56 Å². The second-order valence-corrected chi connectivity index (χ2v) is 9.73. The van der Waals surface area contributed by atoms with Gasteiger partial charge in [0.1, 0.15) is 11.4 Å². The number of fused-ring (bicyclic) bond motifs is 1. The fourth-order valence-electron chi connectivity index (χ4n) is 3.84. The van der Waals surface area contributed by atoms with Gasteiger partial charge in [0.25, 0.3) is 5.56 Å². The Morgan fingerprint density at radius 1 is 1.03 bits per heavy atom. The van der Waals surface area contributed by atoms with Crippen molar-refractivity contribution in [2.75, 3.05) is 11.9 Å². The number of Topliss-reactive ketones (excluding diaryl/α,β-unsaturated/α-hetero) is 1. The van der Waals surface area contributed by atoms with Crippen LogP contribution in [0.1, 0.15) is 51.9 Å². The third kappa shape index (κ3) is 5.16. The molecule has 2 aromatic carbocycles. The number of rotatable bonds is 5. The summed E-state index contributed by atoms with van der Waals surface area (Å²) in [7, 11) is 1.62. The van der Waals surface area contributed by atoms with Crippen LogP contribution >= 0.6 is 0 Å². The zero-order valence-electron chi connectivity index (χ0n) is 20.4. The number of carbonyl (C=O) groups is 2. The van der Waals surface area contributed by atoms with Crippen LogP contribution in [0, 0.1) is 5.92 Å². The first kappa shape index (κ1) is 24.2. The second-order valence-electron chi connectivity index (χ2n) is 9.73. The van der Waals surface area contributed by atoms with Crippen LogP contribution in [0.4, 0.5) is 10.6 Å². The summed E-state index contributed by atoms with van der Waals surface area (Å²) >= 11 is 0. The summed E-state index contributed by atoms with van der Waals surface area (Å²) in [5.74, 6) is 0.512. The summed E-state index contributed by atoms with van der Waals surface area (Å²) in [6, 6.07) is 14.7. The Balaban J connectivity index is 2.48. The quantitative estimate of drug-likeness (QED) is 0.456. The summed E-state index contributed by atoms with van der Waals surface area (Å²) in [6.07, 6.45) is -0.557. The molecule has 0 atom stereocenters. The van der Waals surface area contributed by atoms with Crippen LogP contribution in [0.25, 0.3) is 21.9 Å². The average Bonchev–Trinajstić information content (AvgIpc) is 2.73. The predicted molar refractivity (Wildman–Crippen MR) is 133 cm³/mol. The van der Waals surface area contributed by atoms with Crippen molar-refractivity contribution in [3.05, 3.63) is 64.4 Å². The number of anilines is 1. The van der Waals surface area contributed by atoms with Gasteiger partial charge in [0.2, 0.25) is 0 Å². The number of nitrogens with zero attached hydrogens (tertiary/aromatic N) is 2. The van der Waals surface area contributed by atoms with E-state index in [1.807, 2.05) is 44.2 Å². The average molecular weight is 449 g/mol. The molecule has 0 fully saturated rings. The Morgan fingerprint density at radius 3 is 2.21 bits per heavy atom. The van der Waals surface area contributed by atoms with Gasteiger partial charge in [-0.05, 0) is 56.7 Å². The lowest BCUT2D eigenvalue weighted by Gasteiger charge is -2.29. The molecule has 0 saturated heterocycles. The molecule has 0 bridgehead atoms. The molecule has 1 aromatic heterocycles. The van der Waals surface area contributed by atoms with Gasteiger partial charge in [-0.15, -0.1) is 0 Å². The summed E-state index contributed by atoms with van der Waals surface area (Å²) in [5, 5.41) is 1.13. The lowest BCUT2D eigenvalue weighted by Crippen LogP contribution is -2.38. The highest BCUT2D eigenvalue weighted by atomic mass is 16.6. The van der Waals surface area contributed by atoms with Crippen LogP contribution in [0.3, 0.4) is 0 Å². The molecule has 0 unspecified atom stereocenters. The zero-order chi connectivity index (χ0) is 24.5. The highest BCUT2D eigenvalue weighted by Crippen LogP contribution is 2.37. The van der Waals surface area contributed by atoms with E-state index in [-0.39, 0.29) is 17.3 Å². The first-order valence-corrected chi connectivity index (χ1v) is 11.1. The standard InChI is InChI=1S/C27H32N2O4/c1-17(2)16-29-24(28(7)26(32)33-27(4,5)6)23(19-11-9-8-10-12-19)22-15-20(18(3)30)13-14-21(22)25(29)31/h8-15,17H,16H2,1-7H3. The Morgan fingerprint density at radius 2 is 1.67 bits per heavy atom. The van der Waals surface area contributed by atoms with Crippen LogP contribution in [-0.2, 0) is 11.3 Å². The van der Waals surface area contributed by atoms with Crippen LogP contribution in [0.2, 0.25) is 0 Å². The lowest BCUT2D eigenvalue weighted by molar-refractivity contribution is 0.0586. The Hall–Kier alpha value is -3.41. The van der Waals surface area contributed by atoms with Gasteiger partial charge in [-0.2, -0.15) is 0 Å². The molecule has 0 spiro atoms. The highest BCUT2D eigenvalue weighted by molar-refractivity contribution is 6.07. The molecule has 1 amide bonds. The van der Waals surface area contributed by atoms with Crippen molar-refractivity contribution in [1.29, 1.82) is 0 Å². The normalized spacial score (nSPS) is 11.6. The van der Waals surface area contributed by atoms with Crippen molar-refractivity contribution in [2.24, 2.45) is 5.92 Å². The predicted octanol–water partition coefficient (Wildman–Crippen LogP) is 5.90. The smallest absolute Gasteiger partial charge is 0.415 e. The minimum atomic E-state index is -0.694. The van der Waals surface area contributed by atoms with Crippen molar-refractivity contribution < 1.29 is 14.3 Å². The minimum Gasteiger partial charge on any atom is -0.443 e. The fraction of sp³-hybridized carbons (Fsp3) is 0.370. The molecule has 0 saturated carbocycles. The van der Waals surface area contributed by atoms with E-state index in [2.05, 4.69) is 0 Å². The van der Waals surface area contributed by atoms with Crippen LogP contribution in [-0.4, -0.2) is 29.1 Å². The topological polar surface area (TPSA) is 68.6 Å². The number of hydrogen-bond donors (Lipinski definition) is 0. The van der Waals surface area contributed by atoms with Gasteiger partial charge < -0.3 is 4.74 Å². The molecular weight excluding hydrogens is 416 g/mol. The van der Waals surface area contributed by atoms with Crippen molar-refractivity contribution in [3.63, 3.8) is 0 Å². The maximum absolute atomic E-state index is 13.7. The molecule has 0 radical (unpaired) electrons. The molecule has 6 heteroatoms. The number of pyridine rings is 1. The van der Waals surface area contributed by atoms with Crippen molar-refractivity contribution in [1.82, 2.24) is 4.57 Å². The third-order valence-electron chi connectivity index (χ3n) is 5.25. The highest BCUT2D eigenvalue weighted by Gasteiger charge is 2.28. The number of ketones is 1. The van der Waals surface area contributed by atoms with E-state index in [0.29, 0.717) is 34.3 Å². The monoisotopic (exact) mass is 448 g/mol. The maximum Gasteiger partial charge on any atom is 0.415 e. The number of carbonyl (C=O) groups excluding carboxylic acids is 2. The minimum absolute atomic E-state index is 0.0932. The first-order chi connectivity index (χ1) is 15.4. The van der Waals surface area contributed by atoms with E-state index in [1.165, 1.54) is 11.8 Å². The van der Waals surface area contributed by atoms with Crippen LogP contribution in [0.5, 0.6) is 0 Å². The van der Waals surface area contributed by atoms with Gasteiger partial charge in [-0.25, -0.2) is 4.79 Å². The van der Waals surface area contributed by atoms with Gasteiger partial charge in [0, 0.05) is 30.1 Å². The summed E-state index contributed by atoms with van der Waals surface area (Å²) < 4.78 is 7.28. The molecule has 3 rings (SSSR count). The third-order valence-corrected chi connectivity index (χ3v) is 5.25. The molecule has 0 aliphatic heterocycles. The molecule has 0 N–H and O–H groups in total. The van der Waals surface area contributed by atoms with Crippen LogP contribution in [0.15, 0.2) is 53.3 Å². The van der Waals surface area contributed by atoms with Crippen molar-refractivity contribution in [2.45, 2.75) is 53.7 Å². The summed E-state index contributed by atoms with van der Waals surface area (Å²) in [5.41, 5.74) is 1.15. The van der Waals surface area contributed by atoms with E-state index in [4.69, 9.17) is 4.74 Å². The van der Waals surface area contributed by atoms with Gasteiger partial charge in [-0.3, -0.25) is 19.1 Å². The molecule has 33 heavy (non-hydrogen) atoms. The number of benzene rings is 2. The SMILES string of the molecule is CC(=O)c1ccc2c(=O)n(CC(C)C)c(N(C)C(=O)OC(C)(C)C)c(-c3ccccc3)c2c1. The van der Waals surface area contributed by atoms with Crippen molar-refractivity contribution >= 4 is 28.5 Å². The van der Waals surface area contributed by atoms with Gasteiger partial charge in [0.05, 0.1) is 0 Å². The number of aromatic nitrogens is 1. The zero-order valence-corrected chi connectivity index (χ0v) is 20.4. The molecular formula is C27H32N2O4. The van der Waals surface area contributed by atoms with E-state index < -0.39 is 11.7 Å². The molecule has 1 heterocycles. The molecule has 174 valence electrons. The van der Waals surface area contributed by atoms with E-state index >= 15 is 0 Å². The van der Waals surface area contributed by atoms with Gasteiger partial charge in [0.15, 0.2) is 5.78 Å². The largest absolute Gasteiger partial charge is 0.443 e. The van der Waals surface area contributed by atoms with Gasteiger partial charge >= 0.3 is 6.09 Å².